The van der Waals surface area contributed by atoms with E-state index in [1.165, 1.54) is 0 Å². The molecule has 20 heavy (non-hydrogen) atoms. The number of pyridine rings is 1. The SMILES string of the molecule is CC(C)Oc1ccc(NC(=O)c2cccc(Cl)n2)cc1. The van der Waals surface area contributed by atoms with Crippen LogP contribution in [0.2, 0.25) is 5.15 Å². The first-order chi connectivity index (χ1) is 9.54. The highest BCUT2D eigenvalue weighted by molar-refractivity contribution is 6.29. The van der Waals surface area contributed by atoms with Crippen molar-refractivity contribution >= 4 is 23.2 Å². The van der Waals surface area contributed by atoms with Gasteiger partial charge in [0, 0.05) is 5.69 Å². The van der Waals surface area contributed by atoms with Crippen LogP contribution >= 0.6 is 11.6 Å². The molecule has 0 saturated heterocycles. The molecule has 1 aromatic heterocycles. The smallest absolute Gasteiger partial charge is 0.274 e. The second kappa shape index (κ2) is 6.39. The largest absolute Gasteiger partial charge is 0.491 e. The Morgan fingerprint density at radius 2 is 1.90 bits per heavy atom. The Kier molecular flexibility index (Phi) is 4.58. The zero-order valence-electron chi connectivity index (χ0n) is 11.3. The van der Waals surface area contributed by atoms with Crippen molar-refractivity contribution in [1.29, 1.82) is 0 Å². The van der Waals surface area contributed by atoms with Crippen molar-refractivity contribution in [2.45, 2.75) is 20.0 Å². The standard InChI is InChI=1S/C15H15ClN2O2/c1-10(2)20-12-8-6-11(7-9-12)17-15(19)13-4-3-5-14(16)18-13/h3-10H,1-2H3,(H,17,19). The average Bonchev–Trinajstić information content (AvgIpc) is 2.40. The van der Waals surface area contributed by atoms with Crippen molar-refractivity contribution in [2.75, 3.05) is 5.32 Å². The van der Waals surface area contributed by atoms with Crippen LogP contribution in [0.15, 0.2) is 42.5 Å². The van der Waals surface area contributed by atoms with Gasteiger partial charge in [-0.2, -0.15) is 0 Å². The van der Waals surface area contributed by atoms with Gasteiger partial charge in [-0.05, 0) is 50.2 Å². The third kappa shape index (κ3) is 3.96. The molecule has 0 aliphatic carbocycles. The van der Waals surface area contributed by atoms with E-state index in [4.69, 9.17) is 16.3 Å². The van der Waals surface area contributed by atoms with Gasteiger partial charge in [-0.1, -0.05) is 17.7 Å². The van der Waals surface area contributed by atoms with Crippen LogP contribution in [-0.4, -0.2) is 17.0 Å². The summed E-state index contributed by atoms with van der Waals surface area (Å²) in [6, 6.07) is 12.1. The predicted octanol–water partition coefficient (Wildman–Crippen LogP) is 3.77. The number of anilines is 1. The lowest BCUT2D eigenvalue weighted by Gasteiger charge is -2.10. The summed E-state index contributed by atoms with van der Waals surface area (Å²) in [7, 11) is 0. The molecule has 0 aliphatic heterocycles. The van der Waals surface area contributed by atoms with E-state index in [2.05, 4.69) is 10.3 Å². The first-order valence-corrected chi connectivity index (χ1v) is 6.63. The van der Waals surface area contributed by atoms with Crippen molar-refractivity contribution in [3.63, 3.8) is 0 Å². The molecule has 2 aromatic rings. The molecular formula is C15H15ClN2O2. The zero-order valence-corrected chi connectivity index (χ0v) is 12.0. The summed E-state index contributed by atoms with van der Waals surface area (Å²) in [5.74, 6) is 0.462. The highest BCUT2D eigenvalue weighted by atomic mass is 35.5. The summed E-state index contributed by atoms with van der Waals surface area (Å²) < 4.78 is 5.53. The Morgan fingerprint density at radius 1 is 1.20 bits per heavy atom. The van der Waals surface area contributed by atoms with Crippen LogP contribution in [-0.2, 0) is 0 Å². The number of carbonyl (C=O) groups excluding carboxylic acids is 1. The number of halogens is 1. The van der Waals surface area contributed by atoms with Gasteiger partial charge in [-0.3, -0.25) is 4.79 Å². The molecular weight excluding hydrogens is 276 g/mol. The second-order valence-corrected chi connectivity index (χ2v) is 4.88. The Bertz CT molecular complexity index is 597. The van der Waals surface area contributed by atoms with E-state index >= 15 is 0 Å². The number of benzene rings is 1. The quantitative estimate of drug-likeness (QED) is 0.872. The van der Waals surface area contributed by atoms with E-state index in [0.717, 1.165) is 5.75 Å². The lowest BCUT2D eigenvalue weighted by molar-refractivity contribution is 0.102. The van der Waals surface area contributed by atoms with Gasteiger partial charge in [0.15, 0.2) is 0 Å². The van der Waals surface area contributed by atoms with Gasteiger partial charge in [-0.25, -0.2) is 4.98 Å². The van der Waals surface area contributed by atoms with Gasteiger partial charge in [0.2, 0.25) is 0 Å². The van der Waals surface area contributed by atoms with Crippen LogP contribution in [0, 0.1) is 0 Å². The van der Waals surface area contributed by atoms with Gasteiger partial charge in [-0.15, -0.1) is 0 Å². The van der Waals surface area contributed by atoms with Gasteiger partial charge >= 0.3 is 0 Å². The van der Waals surface area contributed by atoms with Gasteiger partial charge in [0.1, 0.15) is 16.6 Å². The fourth-order valence-electron chi connectivity index (χ4n) is 1.62. The van der Waals surface area contributed by atoms with Crippen LogP contribution in [0.1, 0.15) is 24.3 Å². The topological polar surface area (TPSA) is 51.2 Å². The molecule has 1 aromatic carbocycles. The molecule has 0 unspecified atom stereocenters. The van der Waals surface area contributed by atoms with E-state index in [9.17, 15) is 4.79 Å². The Balaban J connectivity index is 2.04. The van der Waals surface area contributed by atoms with Crippen molar-refractivity contribution < 1.29 is 9.53 Å². The molecule has 4 nitrogen and oxygen atoms in total. The number of amides is 1. The molecule has 0 fully saturated rings. The number of carbonyl (C=O) groups is 1. The summed E-state index contributed by atoms with van der Waals surface area (Å²) in [6.45, 7) is 3.92. The second-order valence-electron chi connectivity index (χ2n) is 4.49. The molecule has 5 heteroatoms. The number of aromatic nitrogens is 1. The van der Waals surface area contributed by atoms with E-state index < -0.39 is 0 Å². The van der Waals surface area contributed by atoms with E-state index in [1.807, 2.05) is 13.8 Å². The highest BCUT2D eigenvalue weighted by Gasteiger charge is 2.08. The first-order valence-electron chi connectivity index (χ1n) is 6.25. The molecule has 0 aliphatic rings. The van der Waals surface area contributed by atoms with Crippen LogP contribution in [0.3, 0.4) is 0 Å². The third-order valence-electron chi connectivity index (χ3n) is 2.43. The maximum absolute atomic E-state index is 12.0. The molecule has 2 rings (SSSR count). The Labute approximate surface area is 122 Å². The summed E-state index contributed by atoms with van der Waals surface area (Å²) in [5, 5.41) is 3.04. The molecule has 1 amide bonds. The van der Waals surface area contributed by atoms with E-state index in [0.29, 0.717) is 10.8 Å². The maximum Gasteiger partial charge on any atom is 0.274 e. The maximum atomic E-state index is 12.0. The normalized spacial score (nSPS) is 10.4. The summed E-state index contributed by atoms with van der Waals surface area (Å²) in [5.41, 5.74) is 0.952. The van der Waals surface area contributed by atoms with Crippen LogP contribution in [0.25, 0.3) is 0 Å². The molecule has 0 radical (unpaired) electrons. The number of nitrogens with one attached hydrogen (secondary N) is 1. The Morgan fingerprint density at radius 3 is 2.50 bits per heavy atom. The fraction of sp³-hybridized carbons (Fsp3) is 0.200. The minimum absolute atomic E-state index is 0.117. The Hall–Kier alpha value is -2.07. The number of nitrogens with zero attached hydrogens (tertiary/aromatic N) is 1. The molecule has 104 valence electrons. The average molecular weight is 291 g/mol. The summed E-state index contributed by atoms with van der Waals surface area (Å²) in [4.78, 5) is 15.9. The summed E-state index contributed by atoms with van der Waals surface area (Å²) >= 11 is 5.75. The monoisotopic (exact) mass is 290 g/mol. The molecule has 0 saturated carbocycles. The third-order valence-corrected chi connectivity index (χ3v) is 2.64. The van der Waals surface area contributed by atoms with Crippen LogP contribution < -0.4 is 10.1 Å². The van der Waals surface area contributed by atoms with Crippen molar-refractivity contribution in [3.8, 4) is 5.75 Å². The minimum Gasteiger partial charge on any atom is -0.491 e. The lowest BCUT2D eigenvalue weighted by atomic mass is 10.2. The number of ether oxygens (including phenoxy) is 1. The summed E-state index contributed by atoms with van der Waals surface area (Å²) in [6.07, 6.45) is 0.117. The molecule has 0 atom stereocenters. The fourth-order valence-corrected chi connectivity index (χ4v) is 1.78. The molecule has 1 N–H and O–H groups in total. The van der Waals surface area contributed by atoms with Crippen molar-refractivity contribution in [3.05, 3.63) is 53.3 Å². The van der Waals surface area contributed by atoms with Crippen LogP contribution in [0.5, 0.6) is 5.75 Å². The molecule has 1 heterocycles. The molecule has 0 spiro atoms. The van der Waals surface area contributed by atoms with Gasteiger partial charge in [0.25, 0.3) is 5.91 Å². The number of hydrogen-bond donors (Lipinski definition) is 1. The number of hydrogen-bond acceptors (Lipinski definition) is 3. The van der Waals surface area contributed by atoms with Gasteiger partial charge < -0.3 is 10.1 Å². The van der Waals surface area contributed by atoms with E-state index in [-0.39, 0.29) is 17.7 Å². The highest BCUT2D eigenvalue weighted by Crippen LogP contribution is 2.17. The predicted molar refractivity (Wildman–Crippen MR) is 79.4 cm³/mol. The van der Waals surface area contributed by atoms with Gasteiger partial charge in [0.05, 0.1) is 6.10 Å². The van der Waals surface area contributed by atoms with Crippen molar-refractivity contribution in [1.82, 2.24) is 4.98 Å². The van der Waals surface area contributed by atoms with Crippen LogP contribution in [0.4, 0.5) is 5.69 Å². The first kappa shape index (κ1) is 14.3. The molecule has 0 bridgehead atoms. The minimum atomic E-state index is -0.301. The lowest BCUT2D eigenvalue weighted by Crippen LogP contribution is -2.13. The van der Waals surface area contributed by atoms with E-state index in [1.54, 1.807) is 42.5 Å². The number of rotatable bonds is 4. The zero-order chi connectivity index (χ0) is 14.5. The van der Waals surface area contributed by atoms with Crippen molar-refractivity contribution in [2.24, 2.45) is 0 Å².